The minimum absolute atomic E-state index is 0.570. The van der Waals surface area contributed by atoms with E-state index >= 15 is 0 Å². The topological polar surface area (TPSA) is 46.5 Å². The van der Waals surface area contributed by atoms with Crippen LogP contribution in [0.25, 0.3) is 0 Å². The molecular formula is C20H24O3. The van der Waals surface area contributed by atoms with Gasteiger partial charge in [0.2, 0.25) is 0 Å². The van der Waals surface area contributed by atoms with Crippen LogP contribution >= 0.6 is 0 Å². The van der Waals surface area contributed by atoms with Gasteiger partial charge in [-0.15, -0.1) is 0 Å². The Balaban J connectivity index is 2.51. The molecule has 2 aromatic rings. The van der Waals surface area contributed by atoms with Gasteiger partial charge in [-0.05, 0) is 36.5 Å². The van der Waals surface area contributed by atoms with Gasteiger partial charge in [-0.3, -0.25) is 4.79 Å². The monoisotopic (exact) mass is 312 g/mol. The molecule has 2 aromatic carbocycles. The summed E-state index contributed by atoms with van der Waals surface area (Å²) in [6.07, 6.45) is 0.985. The molecular weight excluding hydrogens is 288 g/mol. The van der Waals surface area contributed by atoms with Gasteiger partial charge in [0.25, 0.3) is 0 Å². The first-order valence-electron chi connectivity index (χ1n) is 7.86. The third-order valence-electron chi connectivity index (χ3n) is 4.25. The molecule has 1 atom stereocenters. The molecule has 3 nitrogen and oxygen atoms in total. The third-order valence-corrected chi connectivity index (χ3v) is 4.25. The zero-order valence-electron chi connectivity index (χ0n) is 14.2. The van der Waals surface area contributed by atoms with E-state index in [1.54, 1.807) is 20.1 Å². The van der Waals surface area contributed by atoms with Crippen LogP contribution in [-0.4, -0.2) is 18.2 Å². The fraction of sp³-hybridized carbons (Fsp3) is 0.350. The standard InChI is InChI=1S/C20H24O3/c1-14(2)13-15-9-11-16(12-10-15)20(3,19(21)22)17-7-5-6-8-18(17)23-4/h5-12,14H,13H2,1-4H3,(H,21,22). The first-order chi connectivity index (χ1) is 10.9. The van der Waals surface area contributed by atoms with E-state index in [0.29, 0.717) is 17.2 Å². The molecule has 0 bridgehead atoms. The summed E-state index contributed by atoms with van der Waals surface area (Å²) in [6.45, 7) is 6.07. The van der Waals surface area contributed by atoms with Gasteiger partial charge in [0.05, 0.1) is 7.11 Å². The van der Waals surface area contributed by atoms with Gasteiger partial charge >= 0.3 is 5.97 Å². The van der Waals surface area contributed by atoms with Crippen molar-refractivity contribution in [1.82, 2.24) is 0 Å². The van der Waals surface area contributed by atoms with Gasteiger partial charge in [-0.1, -0.05) is 56.3 Å². The van der Waals surface area contributed by atoms with Gasteiger partial charge in [-0.2, -0.15) is 0 Å². The number of carboxylic acids is 1. The molecule has 3 heteroatoms. The number of ether oxygens (including phenoxy) is 1. The lowest BCUT2D eigenvalue weighted by Crippen LogP contribution is -2.34. The number of hydrogen-bond donors (Lipinski definition) is 1. The summed E-state index contributed by atoms with van der Waals surface area (Å²) < 4.78 is 5.38. The Bertz CT molecular complexity index is 674. The Morgan fingerprint density at radius 1 is 1.13 bits per heavy atom. The van der Waals surface area contributed by atoms with Crippen molar-refractivity contribution in [1.29, 1.82) is 0 Å². The molecule has 0 aromatic heterocycles. The Hall–Kier alpha value is -2.29. The van der Waals surface area contributed by atoms with Gasteiger partial charge in [0.1, 0.15) is 11.2 Å². The second-order valence-electron chi connectivity index (χ2n) is 6.43. The fourth-order valence-electron chi connectivity index (χ4n) is 2.90. The van der Waals surface area contributed by atoms with Crippen LogP contribution in [0.3, 0.4) is 0 Å². The smallest absolute Gasteiger partial charge is 0.318 e. The molecule has 0 radical (unpaired) electrons. The van der Waals surface area contributed by atoms with Crippen LogP contribution in [0.2, 0.25) is 0 Å². The lowest BCUT2D eigenvalue weighted by atomic mass is 9.75. The zero-order chi connectivity index (χ0) is 17.0. The maximum Gasteiger partial charge on any atom is 0.318 e. The van der Waals surface area contributed by atoms with E-state index in [-0.39, 0.29) is 0 Å². The maximum absolute atomic E-state index is 12.1. The number of benzene rings is 2. The second kappa shape index (κ2) is 6.86. The molecule has 2 rings (SSSR count). The molecule has 0 aliphatic carbocycles. The van der Waals surface area contributed by atoms with Crippen molar-refractivity contribution in [3.63, 3.8) is 0 Å². The van der Waals surface area contributed by atoms with Crippen molar-refractivity contribution in [2.24, 2.45) is 5.92 Å². The van der Waals surface area contributed by atoms with Crippen LogP contribution in [-0.2, 0) is 16.6 Å². The second-order valence-corrected chi connectivity index (χ2v) is 6.43. The van der Waals surface area contributed by atoms with E-state index < -0.39 is 11.4 Å². The quantitative estimate of drug-likeness (QED) is 0.866. The largest absolute Gasteiger partial charge is 0.496 e. The Morgan fingerprint density at radius 3 is 2.26 bits per heavy atom. The van der Waals surface area contributed by atoms with Crippen LogP contribution < -0.4 is 4.74 Å². The SMILES string of the molecule is COc1ccccc1C(C)(C(=O)O)c1ccc(CC(C)C)cc1. The molecule has 0 aliphatic heterocycles. The van der Waals surface area contributed by atoms with Crippen LogP contribution in [0.4, 0.5) is 0 Å². The number of para-hydroxylation sites is 1. The lowest BCUT2D eigenvalue weighted by molar-refractivity contribution is -0.141. The minimum atomic E-state index is -1.15. The predicted octanol–water partition coefficient (Wildman–Crippen LogP) is 4.28. The normalized spacial score (nSPS) is 13.6. The molecule has 122 valence electrons. The Morgan fingerprint density at radius 2 is 1.74 bits per heavy atom. The van der Waals surface area contributed by atoms with E-state index in [1.165, 1.54) is 5.56 Å². The van der Waals surface area contributed by atoms with E-state index in [1.807, 2.05) is 42.5 Å². The number of methoxy groups -OCH3 is 1. The van der Waals surface area contributed by atoms with Crippen LogP contribution in [0.15, 0.2) is 48.5 Å². The average molecular weight is 312 g/mol. The maximum atomic E-state index is 12.1. The van der Waals surface area contributed by atoms with Crippen molar-refractivity contribution >= 4 is 5.97 Å². The summed E-state index contributed by atoms with van der Waals surface area (Å²) in [4.78, 5) is 12.1. The summed E-state index contributed by atoms with van der Waals surface area (Å²) in [5, 5.41) is 9.92. The molecule has 0 amide bonds. The highest BCUT2D eigenvalue weighted by Crippen LogP contribution is 2.38. The summed E-state index contributed by atoms with van der Waals surface area (Å²) >= 11 is 0. The van der Waals surface area contributed by atoms with Crippen molar-refractivity contribution in [2.45, 2.75) is 32.6 Å². The third kappa shape index (κ3) is 3.39. The van der Waals surface area contributed by atoms with Gasteiger partial charge in [0, 0.05) is 5.56 Å². The predicted molar refractivity (Wildman–Crippen MR) is 92.1 cm³/mol. The first kappa shape index (κ1) is 17.1. The van der Waals surface area contributed by atoms with E-state index in [9.17, 15) is 9.90 Å². The molecule has 1 unspecified atom stereocenters. The van der Waals surface area contributed by atoms with E-state index in [0.717, 1.165) is 12.0 Å². The van der Waals surface area contributed by atoms with Crippen LogP contribution in [0, 0.1) is 5.92 Å². The van der Waals surface area contributed by atoms with Crippen LogP contribution in [0.1, 0.15) is 37.5 Å². The zero-order valence-corrected chi connectivity index (χ0v) is 14.2. The highest BCUT2D eigenvalue weighted by Gasteiger charge is 2.39. The Kier molecular flexibility index (Phi) is 5.09. The highest BCUT2D eigenvalue weighted by molar-refractivity contribution is 5.86. The highest BCUT2D eigenvalue weighted by atomic mass is 16.5. The van der Waals surface area contributed by atoms with Crippen molar-refractivity contribution in [3.8, 4) is 5.75 Å². The van der Waals surface area contributed by atoms with E-state index in [2.05, 4.69) is 13.8 Å². The molecule has 23 heavy (non-hydrogen) atoms. The lowest BCUT2D eigenvalue weighted by Gasteiger charge is -2.28. The molecule has 0 fully saturated rings. The van der Waals surface area contributed by atoms with Crippen LogP contribution in [0.5, 0.6) is 5.75 Å². The minimum Gasteiger partial charge on any atom is -0.496 e. The van der Waals surface area contributed by atoms with E-state index in [4.69, 9.17) is 4.74 Å². The van der Waals surface area contributed by atoms with Crippen molar-refractivity contribution in [2.75, 3.05) is 7.11 Å². The summed E-state index contributed by atoms with van der Waals surface area (Å²) in [5.41, 5.74) is 1.48. The fourth-order valence-corrected chi connectivity index (χ4v) is 2.90. The summed E-state index contributed by atoms with van der Waals surface area (Å²) in [7, 11) is 1.56. The Labute approximate surface area is 137 Å². The van der Waals surface area contributed by atoms with Gasteiger partial charge < -0.3 is 9.84 Å². The first-order valence-corrected chi connectivity index (χ1v) is 7.86. The number of rotatable bonds is 6. The number of aliphatic carboxylic acids is 1. The molecule has 0 spiro atoms. The number of carbonyl (C=O) groups is 1. The van der Waals surface area contributed by atoms with Crippen molar-refractivity contribution in [3.05, 3.63) is 65.2 Å². The van der Waals surface area contributed by atoms with Gasteiger partial charge in [-0.25, -0.2) is 0 Å². The van der Waals surface area contributed by atoms with Crippen molar-refractivity contribution < 1.29 is 14.6 Å². The summed E-state index contributed by atoms with van der Waals surface area (Å²) in [6, 6.07) is 15.2. The van der Waals surface area contributed by atoms with Gasteiger partial charge in [0.15, 0.2) is 0 Å². The molecule has 0 heterocycles. The molecule has 0 saturated heterocycles. The number of hydrogen-bond acceptors (Lipinski definition) is 2. The molecule has 0 saturated carbocycles. The molecule has 0 aliphatic rings. The number of carboxylic acid groups (broad SMARTS) is 1. The average Bonchev–Trinajstić information content (AvgIpc) is 2.54. The summed E-state index contributed by atoms with van der Waals surface area (Å²) in [5.74, 6) is 0.267. The molecule has 1 N–H and O–H groups in total.